The molecule has 3 heteroatoms. The normalized spacial score (nSPS) is 14.3. The van der Waals surface area contributed by atoms with E-state index in [0.29, 0.717) is 10.9 Å². The van der Waals surface area contributed by atoms with Gasteiger partial charge in [-0.1, -0.05) is 30.3 Å². The van der Waals surface area contributed by atoms with Gasteiger partial charge in [-0.15, -0.1) is 0 Å². The predicted molar refractivity (Wildman–Crippen MR) is 80.2 cm³/mol. The van der Waals surface area contributed by atoms with Crippen LogP contribution in [-0.2, 0) is 24.1 Å². The van der Waals surface area contributed by atoms with Gasteiger partial charge in [-0.25, -0.2) is 4.39 Å². The number of ketones is 1. The molecule has 0 saturated heterocycles. The first-order valence-electron chi connectivity index (χ1n) is 6.67. The van der Waals surface area contributed by atoms with Gasteiger partial charge in [-0.05, 0) is 57.6 Å². The summed E-state index contributed by atoms with van der Waals surface area (Å²) in [6, 6.07) is 13.0. The van der Waals surface area contributed by atoms with Gasteiger partial charge in [-0.2, -0.15) is 0 Å². The summed E-state index contributed by atoms with van der Waals surface area (Å²) in [5, 5.41) is 0. The third kappa shape index (κ3) is 2.68. The van der Waals surface area contributed by atoms with Crippen LogP contribution in [0, 0.1) is 11.7 Å². The Morgan fingerprint density at radius 3 is 2.40 bits per heavy atom. The molecule has 0 aromatic heterocycles. The van der Waals surface area contributed by atoms with Crippen molar-refractivity contribution in [1.82, 2.24) is 0 Å². The first-order chi connectivity index (χ1) is 9.63. The van der Waals surface area contributed by atoms with Crippen LogP contribution in [0.2, 0.25) is 0 Å². The number of Topliss-reactive ketones (excluding diaryl/α,β-unsaturated/α-hetero) is 1. The van der Waals surface area contributed by atoms with E-state index in [4.69, 9.17) is 0 Å². The minimum Gasteiger partial charge on any atom is -0.299 e. The molecule has 0 unspecified atom stereocenters. The van der Waals surface area contributed by atoms with Crippen LogP contribution >= 0.6 is 15.9 Å². The Labute approximate surface area is 126 Å². The van der Waals surface area contributed by atoms with Crippen molar-refractivity contribution < 1.29 is 9.18 Å². The molecule has 0 heterocycles. The molecule has 0 N–H and O–H groups in total. The summed E-state index contributed by atoms with van der Waals surface area (Å²) < 4.78 is 13.6. The van der Waals surface area contributed by atoms with Gasteiger partial charge in [0.25, 0.3) is 0 Å². The molecule has 1 nitrogen and oxygen atoms in total. The average Bonchev–Trinajstić information content (AvgIpc) is 2.87. The summed E-state index contributed by atoms with van der Waals surface area (Å²) >= 11 is 3.16. The highest BCUT2D eigenvalue weighted by Crippen LogP contribution is 2.28. The number of hydrogen-bond acceptors (Lipinski definition) is 1. The van der Waals surface area contributed by atoms with Crippen LogP contribution < -0.4 is 0 Å². The Morgan fingerprint density at radius 1 is 1.15 bits per heavy atom. The molecule has 102 valence electrons. The molecule has 0 aliphatic heterocycles. The fraction of sp³-hybridized carbons (Fsp3) is 0.235. The smallest absolute Gasteiger partial charge is 0.140 e. The van der Waals surface area contributed by atoms with E-state index in [9.17, 15) is 9.18 Å². The predicted octanol–water partition coefficient (Wildman–Crippen LogP) is 4.11. The van der Waals surface area contributed by atoms with Gasteiger partial charge in [0.15, 0.2) is 0 Å². The van der Waals surface area contributed by atoms with E-state index in [1.807, 2.05) is 12.1 Å². The van der Waals surface area contributed by atoms with Gasteiger partial charge in [0.2, 0.25) is 0 Å². The van der Waals surface area contributed by atoms with Crippen LogP contribution in [0.15, 0.2) is 46.9 Å². The number of fused-ring (bicyclic) bond motifs is 1. The second-order valence-electron chi connectivity index (χ2n) is 5.27. The third-order valence-electron chi connectivity index (χ3n) is 3.87. The van der Waals surface area contributed by atoms with Gasteiger partial charge in [0, 0.05) is 12.3 Å². The van der Waals surface area contributed by atoms with E-state index in [1.165, 1.54) is 17.2 Å². The number of carbonyl (C=O) groups excluding carboxylic acids is 1. The molecule has 20 heavy (non-hydrogen) atoms. The van der Waals surface area contributed by atoms with E-state index >= 15 is 0 Å². The first kappa shape index (κ1) is 13.5. The quantitative estimate of drug-likeness (QED) is 0.826. The highest BCUT2D eigenvalue weighted by molar-refractivity contribution is 9.10. The van der Waals surface area contributed by atoms with E-state index in [1.54, 1.807) is 12.1 Å². The third-order valence-corrected chi connectivity index (χ3v) is 4.48. The lowest BCUT2D eigenvalue weighted by Gasteiger charge is -2.08. The second kappa shape index (κ2) is 5.49. The molecule has 1 aliphatic carbocycles. The molecule has 0 atom stereocenters. The van der Waals surface area contributed by atoms with Crippen molar-refractivity contribution in [3.8, 4) is 0 Å². The van der Waals surface area contributed by atoms with Crippen molar-refractivity contribution in [2.75, 3.05) is 0 Å². The van der Waals surface area contributed by atoms with E-state index < -0.39 is 0 Å². The maximum atomic E-state index is 13.2. The number of halogens is 2. The Bertz CT molecular complexity index is 641. The standard InChI is InChI=1S/C17H14BrFO/c18-15-7-11(5-6-16(15)19)8-17(20)14-9-12-3-1-2-4-13(12)10-14/h1-7,14H,8-10H2. The molecule has 1 aliphatic rings. The minimum absolute atomic E-state index is 0.0660. The fourth-order valence-electron chi connectivity index (χ4n) is 2.78. The first-order valence-corrected chi connectivity index (χ1v) is 7.46. The molecular weight excluding hydrogens is 319 g/mol. The van der Waals surface area contributed by atoms with Gasteiger partial charge in [0.1, 0.15) is 11.6 Å². The number of carbonyl (C=O) groups is 1. The lowest BCUT2D eigenvalue weighted by Crippen LogP contribution is -2.17. The van der Waals surface area contributed by atoms with Crippen LogP contribution in [0.1, 0.15) is 16.7 Å². The van der Waals surface area contributed by atoms with Crippen LogP contribution in [0.4, 0.5) is 4.39 Å². The molecule has 2 aromatic carbocycles. The Kier molecular flexibility index (Phi) is 3.70. The molecule has 0 amide bonds. The monoisotopic (exact) mass is 332 g/mol. The molecule has 2 aromatic rings. The zero-order chi connectivity index (χ0) is 14.1. The molecule has 0 fully saturated rings. The SMILES string of the molecule is O=C(Cc1ccc(F)c(Br)c1)C1Cc2ccccc2C1. The lowest BCUT2D eigenvalue weighted by molar-refractivity contribution is -0.121. The second-order valence-corrected chi connectivity index (χ2v) is 6.12. The van der Waals surface area contributed by atoms with Crippen molar-refractivity contribution in [1.29, 1.82) is 0 Å². The number of benzene rings is 2. The van der Waals surface area contributed by atoms with Crippen LogP contribution in [0.3, 0.4) is 0 Å². The zero-order valence-corrected chi connectivity index (χ0v) is 12.5. The summed E-state index contributed by atoms with van der Waals surface area (Å²) in [5.74, 6) is 0.00501. The van der Waals surface area contributed by atoms with Crippen molar-refractivity contribution in [2.24, 2.45) is 5.92 Å². The Balaban J connectivity index is 1.71. The van der Waals surface area contributed by atoms with Crippen molar-refractivity contribution >= 4 is 21.7 Å². The van der Waals surface area contributed by atoms with Gasteiger partial charge >= 0.3 is 0 Å². The van der Waals surface area contributed by atoms with Crippen molar-refractivity contribution in [2.45, 2.75) is 19.3 Å². The summed E-state index contributed by atoms with van der Waals surface area (Å²) in [4.78, 5) is 12.4. The molecule has 3 rings (SSSR count). The highest BCUT2D eigenvalue weighted by atomic mass is 79.9. The molecular formula is C17H14BrFO. The summed E-state index contributed by atoms with van der Waals surface area (Å²) in [7, 11) is 0. The topological polar surface area (TPSA) is 17.1 Å². The van der Waals surface area contributed by atoms with Crippen LogP contribution in [-0.4, -0.2) is 5.78 Å². The summed E-state index contributed by atoms with van der Waals surface area (Å²) in [6.07, 6.45) is 2.03. The minimum atomic E-state index is -0.297. The summed E-state index contributed by atoms with van der Waals surface area (Å²) in [6.45, 7) is 0. The summed E-state index contributed by atoms with van der Waals surface area (Å²) in [5.41, 5.74) is 3.43. The van der Waals surface area contributed by atoms with Crippen molar-refractivity contribution in [3.63, 3.8) is 0 Å². The van der Waals surface area contributed by atoms with Gasteiger partial charge < -0.3 is 0 Å². The maximum absolute atomic E-state index is 13.2. The van der Waals surface area contributed by atoms with Crippen LogP contribution in [0.25, 0.3) is 0 Å². The van der Waals surface area contributed by atoms with Gasteiger partial charge in [-0.3, -0.25) is 4.79 Å². The highest BCUT2D eigenvalue weighted by Gasteiger charge is 2.26. The fourth-order valence-corrected chi connectivity index (χ4v) is 3.21. The maximum Gasteiger partial charge on any atom is 0.140 e. The Hall–Kier alpha value is -1.48. The molecule has 0 spiro atoms. The van der Waals surface area contributed by atoms with Crippen molar-refractivity contribution in [3.05, 3.63) is 69.4 Å². The van der Waals surface area contributed by atoms with Gasteiger partial charge in [0.05, 0.1) is 4.47 Å². The van der Waals surface area contributed by atoms with E-state index in [0.717, 1.165) is 18.4 Å². The largest absolute Gasteiger partial charge is 0.299 e. The van der Waals surface area contributed by atoms with E-state index in [-0.39, 0.29) is 17.5 Å². The van der Waals surface area contributed by atoms with E-state index in [2.05, 4.69) is 28.1 Å². The van der Waals surface area contributed by atoms with Crippen LogP contribution in [0.5, 0.6) is 0 Å². The zero-order valence-electron chi connectivity index (χ0n) is 10.9. The molecule has 0 radical (unpaired) electrons. The lowest BCUT2D eigenvalue weighted by atomic mass is 9.95. The number of rotatable bonds is 3. The Morgan fingerprint density at radius 2 is 1.80 bits per heavy atom. The molecule has 0 saturated carbocycles. The number of hydrogen-bond donors (Lipinski definition) is 0. The molecule has 0 bridgehead atoms. The average molecular weight is 333 g/mol.